The van der Waals surface area contributed by atoms with Crippen molar-refractivity contribution in [3.63, 3.8) is 0 Å². The van der Waals surface area contributed by atoms with E-state index in [1.807, 2.05) is 0 Å². The summed E-state index contributed by atoms with van der Waals surface area (Å²) in [6, 6.07) is 3.83. The molecule has 0 bridgehead atoms. The minimum absolute atomic E-state index is 0. The van der Waals surface area contributed by atoms with Crippen LogP contribution in [0.15, 0.2) is 33.9 Å². The second kappa shape index (κ2) is 6.52. The van der Waals surface area contributed by atoms with Gasteiger partial charge in [-0.1, -0.05) is 6.07 Å². The molecule has 6 nitrogen and oxygen atoms in total. The molecular weight excluding hydrogens is 323 g/mol. The van der Waals surface area contributed by atoms with E-state index in [1.54, 1.807) is 10.8 Å². The van der Waals surface area contributed by atoms with Crippen LogP contribution in [0, 0.1) is 0 Å². The van der Waals surface area contributed by atoms with Crippen molar-refractivity contribution in [1.82, 2.24) is 0 Å². The first kappa shape index (κ1) is 17.2. The molecule has 1 unspecified atom stereocenters. The van der Waals surface area contributed by atoms with Crippen LogP contribution in [0.5, 0.6) is 17.2 Å². The van der Waals surface area contributed by atoms with Crippen molar-refractivity contribution in [1.29, 1.82) is 0 Å². The summed E-state index contributed by atoms with van der Waals surface area (Å²) in [5.41, 5.74) is 0.0554. The van der Waals surface area contributed by atoms with Gasteiger partial charge >= 0.3 is 18.9 Å². The number of hydrogen-bond donors (Lipinski definition) is 1. The quantitative estimate of drug-likeness (QED) is 0.556. The molecule has 0 amide bonds. The van der Waals surface area contributed by atoms with E-state index in [-0.39, 0.29) is 43.2 Å². The van der Waals surface area contributed by atoms with Crippen LogP contribution in [-0.4, -0.2) is 30.8 Å². The Morgan fingerprint density at radius 2 is 2.05 bits per heavy atom. The third-order valence-electron chi connectivity index (χ3n) is 3.12. The molecule has 1 atom stereocenters. The molecule has 0 aliphatic carbocycles. The Bertz CT molecular complexity index is 771. The standard InChI is InChI=1S/C13H12O6S2.Li/c14-10-2-1-3-13(21(15,16)17)9(10)4-8-5-18-11-6-20-7-12(11)19-8;/h1-3,6-8,14H,4-5H2,(H,15,16,17);/q;+1/p-1. The Balaban J connectivity index is 0.00000176. The summed E-state index contributed by atoms with van der Waals surface area (Å²) < 4.78 is 45.0. The molecule has 0 radical (unpaired) electrons. The van der Waals surface area contributed by atoms with E-state index in [4.69, 9.17) is 9.47 Å². The Morgan fingerprint density at radius 1 is 1.32 bits per heavy atom. The Morgan fingerprint density at radius 3 is 2.77 bits per heavy atom. The number of rotatable bonds is 3. The van der Waals surface area contributed by atoms with E-state index < -0.39 is 21.1 Å². The van der Waals surface area contributed by atoms with Crippen LogP contribution in [0.2, 0.25) is 0 Å². The van der Waals surface area contributed by atoms with Crippen LogP contribution in [0.3, 0.4) is 0 Å². The van der Waals surface area contributed by atoms with Crippen molar-refractivity contribution in [2.24, 2.45) is 0 Å². The van der Waals surface area contributed by atoms with Crippen LogP contribution in [0.25, 0.3) is 0 Å². The average molecular weight is 334 g/mol. The summed E-state index contributed by atoms with van der Waals surface area (Å²) in [6.45, 7) is 0.219. The molecule has 22 heavy (non-hydrogen) atoms. The van der Waals surface area contributed by atoms with Gasteiger partial charge in [0.2, 0.25) is 0 Å². The van der Waals surface area contributed by atoms with E-state index in [0.29, 0.717) is 11.5 Å². The van der Waals surface area contributed by atoms with Crippen LogP contribution in [0.1, 0.15) is 5.56 Å². The van der Waals surface area contributed by atoms with Gasteiger partial charge in [-0.25, -0.2) is 8.42 Å². The topological polar surface area (TPSA) is 95.9 Å². The number of phenols is 1. The predicted molar refractivity (Wildman–Crippen MR) is 74.0 cm³/mol. The van der Waals surface area contributed by atoms with E-state index in [0.717, 1.165) is 0 Å². The van der Waals surface area contributed by atoms with Crippen molar-refractivity contribution in [2.75, 3.05) is 6.61 Å². The summed E-state index contributed by atoms with van der Waals surface area (Å²) >= 11 is 1.43. The molecule has 1 aromatic carbocycles. The minimum Gasteiger partial charge on any atom is -0.744 e. The third kappa shape index (κ3) is 3.42. The molecule has 0 saturated heterocycles. The average Bonchev–Trinajstić information content (AvgIpc) is 2.87. The molecule has 112 valence electrons. The minimum atomic E-state index is -4.66. The fourth-order valence-corrected chi connectivity index (χ4v) is 3.59. The normalized spacial score (nSPS) is 16.9. The maximum Gasteiger partial charge on any atom is 1.00 e. The predicted octanol–water partition coefficient (Wildman–Crippen LogP) is -1.26. The van der Waals surface area contributed by atoms with E-state index in [1.165, 1.54) is 29.5 Å². The zero-order valence-corrected chi connectivity index (χ0v) is 13.3. The van der Waals surface area contributed by atoms with E-state index >= 15 is 0 Å². The number of fused-ring (bicyclic) bond motifs is 1. The van der Waals surface area contributed by atoms with Crippen molar-refractivity contribution in [3.05, 3.63) is 34.5 Å². The summed E-state index contributed by atoms with van der Waals surface area (Å²) in [4.78, 5) is -0.429. The number of phenolic OH excluding ortho intramolecular Hbond substituents is 1. The smallest absolute Gasteiger partial charge is 0.744 e. The van der Waals surface area contributed by atoms with Gasteiger partial charge in [-0.05, 0) is 12.1 Å². The van der Waals surface area contributed by atoms with Crippen molar-refractivity contribution >= 4 is 21.5 Å². The maximum atomic E-state index is 11.3. The summed E-state index contributed by atoms with van der Waals surface area (Å²) in [6.07, 6.45) is -0.403. The summed E-state index contributed by atoms with van der Waals surface area (Å²) in [5.74, 6) is 0.982. The fourth-order valence-electron chi connectivity index (χ4n) is 2.18. The fraction of sp³-hybridized carbons (Fsp3) is 0.231. The Kier molecular flexibility index (Phi) is 5.09. The van der Waals surface area contributed by atoms with Crippen LogP contribution < -0.4 is 28.3 Å². The molecule has 1 N–H and O–H groups in total. The number of thiophene rings is 1. The Labute approximate surface area is 143 Å². The van der Waals surface area contributed by atoms with Gasteiger partial charge in [0.25, 0.3) is 0 Å². The zero-order valence-electron chi connectivity index (χ0n) is 11.7. The second-order valence-corrected chi connectivity index (χ2v) is 6.65. The van der Waals surface area contributed by atoms with Gasteiger partial charge in [0.1, 0.15) is 28.6 Å². The first-order valence-corrected chi connectivity index (χ1v) is 8.42. The Hall–Kier alpha value is -1.17. The molecule has 0 saturated carbocycles. The monoisotopic (exact) mass is 334 g/mol. The number of benzene rings is 1. The first-order valence-electron chi connectivity index (χ1n) is 6.07. The SMILES string of the molecule is O=S(=O)([O-])c1cccc(O)c1CC1COc2cscc2O1.[Li+]. The van der Waals surface area contributed by atoms with Gasteiger partial charge in [-0.15, -0.1) is 11.3 Å². The third-order valence-corrected chi connectivity index (χ3v) is 4.74. The molecular formula is C13H11LiO6S2. The molecule has 2 aromatic rings. The van der Waals surface area contributed by atoms with Crippen molar-refractivity contribution in [2.45, 2.75) is 17.4 Å². The van der Waals surface area contributed by atoms with Gasteiger partial charge in [-0.3, -0.25) is 0 Å². The molecule has 9 heteroatoms. The molecule has 0 fully saturated rings. The molecule has 3 rings (SSSR count). The van der Waals surface area contributed by atoms with Crippen LogP contribution >= 0.6 is 11.3 Å². The maximum absolute atomic E-state index is 11.3. The summed E-state index contributed by atoms with van der Waals surface area (Å²) in [5, 5.41) is 13.4. The van der Waals surface area contributed by atoms with Gasteiger partial charge in [0, 0.05) is 22.7 Å². The van der Waals surface area contributed by atoms with E-state index in [2.05, 4.69) is 0 Å². The van der Waals surface area contributed by atoms with Gasteiger partial charge < -0.3 is 19.1 Å². The molecule has 1 aromatic heterocycles. The van der Waals surface area contributed by atoms with Gasteiger partial charge in [0.05, 0.1) is 4.90 Å². The van der Waals surface area contributed by atoms with Crippen LogP contribution in [-0.2, 0) is 16.5 Å². The van der Waals surface area contributed by atoms with E-state index in [9.17, 15) is 18.1 Å². The summed E-state index contributed by atoms with van der Waals surface area (Å²) in [7, 11) is -4.66. The second-order valence-electron chi connectivity index (χ2n) is 4.56. The van der Waals surface area contributed by atoms with Gasteiger partial charge in [0.15, 0.2) is 11.5 Å². The van der Waals surface area contributed by atoms with Crippen molar-refractivity contribution < 1.29 is 46.4 Å². The number of hydrogen-bond acceptors (Lipinski definition) is 7. The first-order chi connectivity index (χ1) is 9.95. The molecule has 2 heterocycles. The molecule has 1 aliphatic heterocycles. The van der Waals surface area contributed by atoms with Crippen LogP contribution in [0.4, 0.5) is 0 Å². The number of aromatic hydroxyl groups is 1. The van der Waals surface area contributed by atoms with Crippen molar-refractivity contribution in [3.8, 4) is 17.2 Å². The molecule has 0 spiro atoms. The van der Waals surface area contributed by atoms with Gasteiger partial charge in [-0.2, -0.15) is 0 Å². The zero-order chi connectivity index (χ0) is 15.0. The largest absolute Gasteiger partial charge is 1.00 e. The molecule has 1 aliphatic rings. The number of ether oxygens (including phenoxy) is 2.